The number of benzene rings is 1. The first kappa shape index (κ1) is 16.2. The van der Waals surface area contributed by atoms with E-state index in [1.54, 1.807) is 26.0 Å². The summed E-state index contributed by atoms with van der Waals surface area (Å²) >= 11 is 6.32. The van der Waals surface area contributed by atoms with Gasteiger partial charge >= 0.3 is 0 Å². The maximum absolute atomic E-state index is 12.5. The van der Waals surface area contributed by atoms with Crippen LogP contribution in [0.3, 0.4) is 0 Å². The summed E-state index contributed by atoms with van der Waals surface area (Å²) < 4.78 is 28.2. The van der Waals surface area contributed by atoms with Crippen molar-refractivity contribution in [2.24, 2.45) is 0 Å². The monoisotopic (exact) mass is 434 g/mol. The topological polar surface area (TPSA) is 98.0 Å². The number of nitrogens with zero attached hydrogens (tertiary/aromatic N) is 2. The molecule has 21 heavy (non-hydrogen) atoms. The molecule has 0 fully saturated rings. The first-order chi connectivity index (χ1) is 9.70. The summed E-state index contributed by atoms with van der Waals surface area (Å²) in [6.45, 7) is 3.44. The van der Waals surface area contributed by atoms with Crippen LogP contribution >= 0.6 is 31.9 Å². The Hall–Kier alpha value is -1.19. The lowest BCUT2D eigenvalue weighted by atomic mass is 10.1. The molecule has 6 nitrogen and oxygen atoms in total. The standard InChI is InChI=1S/C12H12Br2N4O2S/c1-6-3-8(15)7(2)9(4-6)21(19,20)18-12-11(14)17-10(13)5-16-12/h3-5H,15H2,1-2H3,(H,16,18). The van der Waals surface area contributed by atoms with Crippen molar-refractivity contribution in [2.75, 3.05) is 10.5 Å². The highest BCUT2D eigenvalue weighted by Crippen LogP contribution is 2.27. The molecule has 3 N–H and O–H groups in total. The average Bonchev–Trinajstić information content (AvgIpc) is 2.37. The van der Waals surface area contributed by atoms with Crippen molar-refractivity contribution in [3.63, 3.8) is 0 Å². The van der Waals surface area contributed by atoms with Crippen LogP contribution < -0.4 is 10.5 Å². The zero-order valence-corrected chi connectivity index (χ0v) is 15.2. The summed E-state index contributed by atoms with van der Waals surface area (Å²) in [6, 6.07) is 3.29. The molecule has 0 saturated heterocycles. The molecule has 0 aliphatic carbocycles. The number of sulfonamides is 1. The van der Waals surface area contributed by atoms with Gasteiger partial charge in [0.15, 0.2) is 10.4 Å². The fourth-order valence-electron chi connectivity index (χ4n) is 1.73. The minimum atomic E-state index is -3.80. The molecule has 1 aromatic heterocycles. The molecular formula is C12H12Br2N4O2S. The second-order valence-electron chi connectivity index (χ2n) is 4.41. The molecule has 112 valence electrons. The van der Waals surface area contributed by atoms with Crippen molar-refractivity contribution in [2.45, 2.75) is 18.7 Å². The number of halogens is 2. The summed E-state index contributed by atoms with van der Waals surface area (Å²) in [4.78, 5) is 8.14. The predicted octanol–water partition coefficient (Wildman–Crippen LogP) is 3.00. The minimum absolute atomic E-state index is 0.109. The van der Waals surface area contributed by atoms with Crippen LogP contribution in [-0.4, -0.2) is 18.4 Å². The number of anilines is 2. The second-order valence-corrected chi connectivity index (χ2v) is 7.63. The second kappa shape index (κ2) is 5.90. The van der Waals surface area contributed by atoms with Crippen molar-refractivity contribution in [3.05, 3.63) is 38.7 Å². The Balaban J connectivity index is 2.48. The molecule has 9 heteroatoms. The number of hydrogen-bond acceptors (Lipinski definition) is 5. The van der Waals surface area contributed by atoms with Gasteiger partial charge in [-0.15, -0.1) is 0 Å². The summed E-state index contributed by atoms with van der Waals surface area (Å²) in [5.74, 6) is 0.109. The lowest BCUT2D eigenvalue weighted by Gasteiger charge is -2.13. The quantitative estimate of drug-likeness (QED) is 0.722. The third kappa shape index (κ3) is 3.53. The van der Waals surface area contributed by atoms with Crippen LogP contribution in [0.5, 0.6) is 0 Å². The van der Waals surface area contributed by atoms with E-state index in [4.69, 9.17) is 5.73 Å². The van der Waals surface area contributed by atoms with Gasteiger partial charge in [0, 0.05) is 5.69 Å². The fourth-order valence-corrected chi connectivity index (χ4v) is 4.15. The number of aryl methyl sites for hydroxylation is 1. The van der Waals surface area contributed by atoms with E-state index in [9.17, 15) is 8.42 Å². The molecule has 2 aromatic rings. The van der Waals surface area contributed by atoms with Crippen molar-refractivity contribution >= 4 is 53.4 Å². The molecule has 0 bridgehead atoms. The van der Waals surface area contributed by atoms with Gasteiger partial charge in [0.05, 0.1) is 11.1 Å². The highest BCUT2D eigenvalue weighted by Gasteiger charge is 2.21. The van der Waals surface area contributed by atoms with Gasteiger partial charge in [-0.2, -0.15) is 0 Å². The summed E-state index contributed by atoms with van der Waals surface area (Å²) in [6.07, 6.45) is 1.40. The van der Waals surface area contributed by atoms with Crippen molar-refractivity contribution in [3.8, 4) is 0 Å². The smallest absolute Gasteiger partial charge is 0.263 e. The van der Waals surface area contributed by atoms with E-state index in [0.29, 0.717) is 20.5 Å². The van der Waals surface area contributed by atoms with Crippen molar-refractivity contribution < 1.29 is 8.42 Å². The van der Waals surface area contributed by atoms with Crippen LogP contribution in [-0.2, 0) is 10.0 Å². The SMILES string of the molecule is Cc1cc(N)c(C)c(S(=O)(=O)Nc2ncc(Br)nc2Br)c1. The van der Waals surface area contributed by atoms with Gasteiger partial charge in [0.1, 0.15) is 4.60 Å². The van der Waals surface area contributed by atoms with E-state index in [1.807, 2.05) is 0 Å². The lowest BCUT2D eigenvalue weighted by molar-refractivity contribution is 0.600. The van der Waals surface area contributed by atoms with Gasteiger partial charge in [-0.3, -0.25) is 4.72 Å². The molecule has 1 heterocycles. The van der Waals surface area contributed by atoms with Crippen LogP contribution in [0.2, 0.25) is 0 Å². The molecular weight excluding hydrogens is 424 g/mol. The number of aromatic nitrogens is 2. The van der Waals surface area contributed by atoms with Crippen LogP contribution in [0.4, 0.5) is 11.5 Å². The van der Waals surface area contributed by atoms with Gasteiger partial charge < -0.3 is 5.73 Å². The maximum Gasteiger partial charge on any atom is 0.263 e. The Morgan fingerprint density at radius 2 is 1.90 bits per heavy atom. The van der Waals surface area contributed by atoms with Crippen LogP contribution in [0.15, 0.2) is 32.4 Å². The Bertz CT molecular complexity index is 809. The molecule has 2 rings (SSSR count). The maximum atomic E-state index is 12.5. The average molecular weight is 436 g/mol. The molecule has 0 radical (unpaired) electrons. The highest BCUT2D eigenvalue weighted by atomic mass is 79.9. The molecule has 1 aromatic carbocycles. The Kier molecular flexibility index (Phi) is 4.54. The van der Waals surface area contributed by atoms with E-state index in [1.165, 1.54) is 6.20 Å². The van der Waals surface area contributed by atoms with Crippen LogP contribution in [0, 0.1) is 13.8 Å². The number of nitrogens with two attached hydrogens (primary N) is 1. The minimum Gasteiger partial charge on any atom is -0.398 e. The molecule has 0 spiro atoms. The predicted molar refractivity (Wildman–Crippen MR) is 88.6 cm³/mol. The Morgan fingerprint density at radius 3 is 2.52 bits per heavy atom. The number of nitrogens with one attached hydrogen (secondary N) is 1. The zero-order chi connectivity index (χ0) is 15.8. The fraction of sp³-hybridized carbons (Fsp3) is 0.167. The van der Waals surface area contributed by atoms with E-state index >= 15 is 0 Å². The van der Waals surface area contributed by atoms with Gasteiger partial charge in [-0.1, -0.05) is 0 Å². The molecule has 0 aliphatic rings. The Morgan fingerprint density at radius 1 is 1.24 bits per heavy atom. The zero-order valence-electron chi connectivity index (χ0n) is 11.2. The van der Waals surface area contributed by atoms with E-state index in [-0.39, 0.29) is 10.7 Å². The normalized spacial score (nSPS) is 11.4. The van der Waals surface area contributed by atoms with Gasteiger partial charge in [-0.25, -0.2) is 18.4 Å². The van der Waals surface area contributed by atoms with E-state index < -0.39 is 10.0 Å². The van der Waals surface area contributed by atoms with E-state index in [2.05, 4.69) is 46.5 Å². The molecule has 0 aliphatic heterocycles. The molecule has 0 atom stereocenters. The van der Waals surface area contributed by atoms with Gasteiger partial charge in [-0.05, 0) is 69.0 Å². The largest absolute Gasteiger partial charge is 0.398 e. The lowest BCUT2D eigenvalue weighted by Crippen LogP contribution is -2.16. The van der Waals surface area contributed by atoms with Gasteiger partial charge in [0.25, 0.3) is 10.0 Å². The Labute approximate surface area is 139 Å². The van der Waals surface area contributed by atoms with Crippen molar-refractivity contribution in [1.29, 1.82) is 0 Å². The van der Waals surface area contributed by atoms with Crippen LogP contribution in [0.1, 0.15) is 11.1 Å². The third-order valence-corrected chi connectivity index (χ3v) is 5.17. The molecule has 0 amide bonds. The van der Waals surface area contributed by atoms with E-state index in [0.717, 1.165) is 5.56 Å². The first-order valence-corrected chi connectivity index (χ1v) is 8.85. The first-order valence-electron chi connectivity index (χ1n) is 5.78. The highest BCUT2D eigenvalue weighted by molar-refractivity contribution is 9.11. The number of rotatable bonds is 3. The summed E-state index contributed by atoms with van der Waals surface area (Å²) in [5.41, 5.74) is 7.51. The van der Waals surface area contributed by atoms with Crippen molar-refractivity contribution in [1.82, 2.24) is 9.97 Å². The number of hydrogen-bond donors (Lipinski definition) is 2. The molecule has 0 saturated carbocycles. The molecule has 0 unspecified atom stereocenters. The third-order valence-electron chi connectivity index (χ3n) is 2.77. The van der Waals surface area contributed by atoms with Crippen LogP contribution in [0.25, 0.3) is 0 Å². The summed E-state index contributed by atoms with van der Waals surface area (Å²) in [7, 11) is -3.80. The number of nitrogen functional groups attached to an aromatic ring is 1. The summed E-state index contributed by atoms with van der Waals surface area (Å²) in [5, 5.41) is 0. The van der Waals surface area contributed by atoms with Gasteiger partial charge in [0.2, 0.25) is 0 Å².